The number of fused-ring (bicyclic) bond motifs is 4. The van der Waals surface area contributed by atoms with Crippen molar-refractivity contribution in [2.45, 2.75) is 81.5 Å². The molecule has 3 heteroatoms. The highest BCUT2D eigenvalue weighted by atomic mass is 32.3. The lowest BCUT2D eigenvalue weighted by atomic mass is 9.63. The van der Waals surface area contributed by atoms with Crippen LogP contribution in [0, 0.1) is 17.3 Å². The van der Waals surface area contributed by atoms with Gasteiger partial charge in [-0.15, -0.1) is 0 Å². The van der Waals surface area contributed by atoms with Crippen molar-refractivity contribution < 1.29 is 9.90 Å². The highest BCUT2D eigenvalue weighted by Crippen LogP contribution is 2.72. The topological polar surface area (TPSA) is 37.3 Å². The molecule has 2 bridgehead atoms. The molecule has 7 atom stereocenters. The largest absolute Gasteiger partial charge is 0.396 e. The van der Waals surface area contributed by atoms with Crippen LogP contribution in [-0.4, -0.2) is 39.5 Å². The van der Waals surface area contributed by atoms with E-state index in [1.807, 2.05) is 13.8 Å². The number of allylic oxidation sites excluding steroid dienone is 6. The fourth-order valence-electron chi connectivity index (χ4n) is 7.09. The number of Topliss-reactive ketones (excluding diaryl/α,β-unsaturated/α-hetero) is 1. The number of hydrogen-bond donors (Lipinski definition) is 1. The van der Waals surface area contributed by atoms with Crippen LogP contribution in [0.1, 0.15) is 65.7 Å². The molecule has 0 radical (unpaired) electrons. The molecule has 4 aliphatic rings. The van der Waals surface area contributed by atoms with E-state index in [0.29, 0.717) is 27.1 Å². The number of carbonyl (C=O) groups excluding carboxylic acids is 1. The minimum Gasteiger partial charge on any atom is -0.396 e. The van der Waals surface area contributed by atoms with Crippen LogP contribution in [0.25, 0.3) is 0 Å². The Morgan fingerprint density at radius 2 is 2.03 bits per heavy atom. The van der Waals surface area contributed by atoms with E-state index in [0.717, 1.165) is 24.8 Å². The van der Waals surface area contributed by atoms with Crippen LogP contribution in [0.4, 0.5) is 0 Å². The molecule has 3 aliphatic carbocycles. The van der Waals surface area contributed by atoms with Crippen molar-refractivity contribution in [3.8, 4) is 0 Å². The third-order valence-corrected chi connectivity index (χ3v) is 14.1. The number of aliphatic hydroxyl groups excluding tert-OH is 1. The summed E-state index contributed by atoms with van der Waals surface area (Å²) < 4.78 is 0. The SMILES string of the molecule is CCC12CC=CC=CC(C1)S(C)(C1C=CC(C)C(=O)C(C)=C1)C1CCC=C(CCO)CC12. The van der Waals surface area contributed by atoms with Crippen LogP contribution < -0.4 is 0 Å². The molecule has 176 valence electrons. The van der Waals surface area contributed by atoms with E-state index >= 15 is 0 Å². The Morgan fingerprint density at radius 1 is 1.22 bits per heavy atom. The molecule has 0 amide bonds. The summed E-state index contributed by atoms with van der Waals surface area (Å²) in [6.07, 6.45) is 29.4. The second kappa shape index (κ2) is 9.50. The van der Waals surface area contributed by atoms with Crippen molar-refractivity contribution in [3.05, 3.63) is 59.8 Å². The van der Waals surface area contributed by atoms with Gasteiger partial charge in [0.1, 0.15) is 0 Å². The first-order chi connectivity index (χ1) is 15.4. The van der Waals surface area contributed by atoms with Gasteiger partial charge in [-0.25, -0.2) is 10.0 Å². The van der Waals surface area contributed by atoms with Crippen molar-refractivity contribution in [1.29, 1.82) is 0 Å². The molecule has 0 spiro atoms. The van der Waals surface area contributed by atoms with Gasteiger partial charge in [-0.1, -0.05) is 68.0 Å². The monoisotopic (exact) mass is 454 g/mol. The predicted molar refractivity (Wildman–Crippen MR) is 139 cm³/mol. The number of rotatable bonds is 4. The molecule has 1 fully saturated rings. The Hall–Kier alpha value is -1.32. The maximum atomic E-state index is 12.8. The van der Waals surface area contributed by atoms with E-state index in [4.69, 9.17) is 0 Å². The predicted octanol–water partition coefficient (Wildman–Crippen LogP) is 6.67. The molecule has 1 N–H and O–H groups in total. The third-order valence-electron chi connectivity index (χ3n) is 9.14. The first-order valence-electron chi connectivity index (χ1n) is 12.6. The first-order valence-corrected chi connectivity index (χ1v) is 14.9. The fraction of sp³-hybridized carbons (Fsp3) is 0.621. The van der Waals surface area contributed by atoms with Gasteiger partial charge in [-0.2, -0.15) is 0 Å². The van der Waals surface area contributed by atoms with Crippen LogP contribution in [0.2, 0.25) is 0 Å². The van der Waals surface area contributed by atoms with Gasteiger partial charge in [0.15, 0.2) is 5.78 Å². The van der Waals surface area contributed by atoms with Crippen LogP contribution in [-0.2, 0) is 4.79 Å². The fourth-order valence-corrected chi connectivity index (χ4v) is 12.1. The zero-order chi connectivity index (χ0) is 22.9. The lowest BCUT2D eigenvalue weighted by Crippen LogP contribution is -2.52. The van der Waals surface area contributed by atoms with E-state index < -0.39 is 10.0 Å². The summed E-state index contributed by atoms with van der Waals surface area (Å²) in [7, 11) is -1.10. The molecule has 7 unspecified atom stereocenters. The van der Waals surface area contributed by atoms with Gasteiger partial charge in [0, 0.05) is 23.0 Å². The molecule has 0 aromatic heterocycles. The van der Waals surface area contributed by atoms with E-state index in [-0.39, 0.29) is 18.3 Å². The van der Waals surface area contributed by atoms with Crippen molar-refractivity contribution in [2.24, 2.45) is 17.3 Å². The molecule has 0 aromatic rings. The van der Waals surface area contributed by atoms with Gasteiger partial charge < -0.3 is 5.11 Å². The molecule has 2 nitrogen and oxygen atoms in total. The lowest BCUT2D eigenvalue weighted by Gasteiger charge is -2.64. The number of ketones is 1. The van der Waals surface area contributed by atoms with Crippen LogP contribution in [0.5, 0.6) is 0 Å². The van der Waals surface area contributed by atoms with Gasteiger partial charge in [0.2, 0.25) is 0 Å². The van der Waals surface area contributed by atoms with Gasteiger partial charge >= 0.3 is 0 Å². The zero-order valence-electron chi connectivity index (χ0n) is 20.4. The molecule has 1 aliphatic heterocycles. The highest BCUT2D eigenvalue weighted by molar-refractivity contribution is 8.35. The Morgan fingerprint density at radius 3 is 2.78 bits per heavy atom. The summed E-state index contributed by atoms with van der Waals surface area (Å²) in [5.74, 6) is 0.917. The summed E-state index contributed by atoms with van der Waals surface area (Å²) >= 11 is 0. The standard InChI is InChI=1S/C29H42O2S/c1-5-29-16-8-6-7-11-25(20-29)32(4,24-14-13-21(2)28(31)22(3)18-24)27-12-9-10-23(15-17-30)19-26(27)29/h6-8,10-11,13-14,18,21,24-27,30H,5,9,12,15-17,19-20H2,1-4H3. The van der Waals surface area contributed by atoms with Gasteiger partial charge in [0.05, 0.1) is 0 Å². The lowest BCUT2D eigenvalue weighted by molar-refractivity contribution is -0.117. The molecular formula is C29H42O2S. The van der Waals surface area contributed by atoms with Crippen LogP contribution >= 0.6 is 10.0 Å². The molecule has 32 heavy (non-hydrogen) atoms. The van der Waals surface area contributed by atoms with E-state index in [1.165, 1.54) is 31.3 Å². The van der Waals surface area contributed by atoms with Crippen LogP contribution in [0.15, 0.2) is 59.8 Å². The van der Waals surface area contributed by atoms with E-state index in [9.17, 15) is 9.90 Å². The van der Waals surface area contributed by atoms with Crippen molar-refractivity contribution in [2.75, 3.05) is 12.9 Å². The average molecular weight is 455 g/mol. The third kappa shape index (κ3) is 4.05. The van der Waals surface area contributed by atoms with Gasteiger partial charge in [-0.05, 0) is 80.3 Å². The second-order valence-corrected chi connectivity index (χ2v) is 14.7. The summed E-state index contributed by atoms with van der Waals surface area (Å²) in [5.41, 5.74) is 2.76. The Balaban J connectivity index is 1.85. The Labute approximate surface area is 197 Å². The number of aliphatic hydroxyl groups is 1. The molecule has 4 rings (SSSR count). The second-order valence-electron chi connectivity index (χ2n) is 10.7. The molecule has 0 aromatic carbocycles. The molecule has 1 saturated heterocycles. The van der Waals surface area contributed by atoms with Crippen molar-refractivity contribution in [3.63, 3.8) is 0 Å². The number of hydrogen-bond acceptors (Lipinski definition) is 2. The van der Waals surface area contributed by atoms with Crippen LogP contribution in [0.3, 0.4) is 0 Å². The van der Waals surface area contributed by atoms with Gasteiger partial charge in [-0.3, -0.25) is 4.79 Å². The van der Waals surface area contributed by atoms with Crippen molar-refractivity contribution >= 4 is 15.8 Å². The summed E-state index contributed by atoms with van der Waals surface area (Å²) in [5, 5.41) is 11.3. The molecule has 1 heterocycles. The minimum atomic E-state index is -1.10. The van der Waals surface area contributed by atoms with Crippen molar-refractivity contribution in [1.82, 2.24) is 0 Å². The maximum Gasteiger partial charge on any atom is 0.164 e. The first kappa shape index (κ1) is 23.8. The Bertz CT molecular complexity index is 878. The van der Waals surface area contributed by atoms with Gasteiger partial charge in [0.25, 0.3) is 0 Å². The van der Waals surface area contributed by atoms with E-state index in [1.54, 1.807) is 0 Å². The van der Waals surface area contributed by atoms with E-state index in [2.05, 4.69) is 61.8 Å². The Kier molecular flexibility index (Phi) is 7.08. The normalized spacial score (nSPS) is 43.7. The smallest absolute Gasteiger partial charge is 0.164 e. The quantitative estimate of drug-likeness (QED) is 0.482. The average Bonchev–Trinajstić information content (AvgIpc) is 3.05. The zero-order valence-corrected chi connectivity index (χ0v) is 21.2. The summed E-state index contributed by atoms with van der Waals surface area (Å²) in [6.45, 7) is 6.73. The molecular weight excluding hydrogens is 412 g/mol. The minimum absolute atomic E-state index is 0.0175. The summed E-state index contributed by atoms with van der Waals surface area (Å²) in [4.78, 5) is 12.8. The highest BCUT2D eigenvalue weighted by Gasteiger charge is 2.56. The number of carbonyl (C=O) groups is 1. The maximum absolute atomic E-state index is 12.8. The summed E-state index contributed by atoms with van der Waals surface area (Å²) in [6, 6.07) is 0. The molecule has 0 saturated carbocycles.